The molecule has 1 atom stereocenters. The Hall–Kier alpha value is -5.11. The Morgan fingerprint density at radius 3 is 2.55 bits per heavy atom. The molecule has 0 aliphatic heterocycles. The molecule has 0 aliphatic rings. The van der Waals surface area contributed by atoms with E-state index in [1.807, 2.05) is 86.6 Å². The summed E-state index contributed by atoms with van der Waals surface area (Å²) in [6, 6.07) is 24.8. The second-order valence-corrected chi connectivity index (χ2v) is 10.3. The van der Waals surface area contributed by atoms with Gasteiger partial charge in [0, 0.05) is 22.6 Å². The van der Waals surface area contributed by atoms with E-state index in [0.717, 1.165) is 40.2 Å². The minimum absolute atomic E-state index is 0.160. The van der Waals surface area contributed by atoms with Gasteiger partial charge in [-0.2, -0.15) is 9.78 Å². The van der Waals surface area contributed by atoms with Gasteiger partial charge >= 0.3 is 0 Å². The molecule has 0 spiro atoms. The smallest absolute Gasteiger partial charge is 0.282 e. The molecule has 212 valence electrons. The lowest BCUT2D eigenvalue weighted by molar-refractivity contribution is 0.217. The normalized spacial score (nSPS) is 12.4. The summed E-state index contributed by atoms with van der Waals surface area (Å²) in [6.07, 6.45) is 2.81. The molecule has 0 amide bonds. The van der Waals surface area contributed by atoms with Gasteiger partial charge in [0.05, 0.1) is 35.7 Å². The number of aromatic nitrogens is 3. The number of furan rings is 1. The van der Waals surface area contributed by atoms with Gasteiger partial charge in [-0.15, -0.1) is 0 Å². The van der Waals surface area contributed by atoms with Gasteiger partial charge in [-0.05, 0) is 87.9 Å². The number of hydrogen-bond donors (Lipinski definition) is 0. The molecule has 0 fully saturated rings. The van der Waals surface area contributed by atoms with Crippen molar-refractivity contribution in [1.29, 1.82) is 0 Å². The average molecular weight is 561 g/mol. The summed E-state index contributed by atoms with van der Waals surface area (Å²) in [4.78, 5) is 18.5. The largest absolute Gasteiger partial charge is 0.496 e. The van der Waals surface area contributed by atoms with E-state index in [0.29, 0.717) is 33.8 Å². The summed E-state index contributed by atoms with van der Waals surface area (Å²) in [5, 5.41) is 5.93. The maximum Gasteiger partial charge on any atom is 0.282 e. The van der Waals surface area contributed by atoms with Crippen molar-refractivity contribution < 1.29 is 13.9 Å². The molecule has 0 saturated heterocycles. The first-order chi connectivity index (χ1) is 20.4. The van der Waals surface area contributed by atoms with Gasteiger partial charge in [-0.3, -0.25) is 4.79 Å². The Labute approximate surface area is 243 Å². The fraction of sp³-hybridized carbons (Fsp3) is 0.206. The summed E-state index contributed by atoms with van der Waals surface area (Å²) in [6.45, 7) is 8.25. The van der Waals surface area contributed by atoms with Crippen molar-refractivity contribution in [3.63, 3.8) is 0 Å². The molecule has 6 aromatic rings. The van der Waals surface area contributed by atoms with E-state index < -0.39 is 0 Å². The molecule has 42 heavy (non-hydrogen) atoms. The van der Waals surface area contributed by atoms with Crippen molar-refractivity contribution in [2.24, 2.45) is 5.10 Å². The molecule has 0 aliphatic carbocycles. The Balaban J connectivity index is 1.43. The number of rotatable bonds is 8. The molecule has 3 aromatic carbocycles. The SMILES string of the molecule is CC[C@H](C)Oc1ccc(-n2c(C)cc(C=Nn3c(-c4cc5c(OC)cccc5o4)nc4ccccc4c3=O)c2C)cc1. The van der Waals surface area contributed by atoms with Crippen LogP contribution >= 0.6 is 0 Å². The third kappa shape index (κ3) is 4.85. The highest BCUT2D eigenvalue weighted by molar-refractivity contribution is 5.89. The number of ether oxygens (including phenoxy) is 2. The molecule has 0 unspecified atom stereocenters. The third-order valence-corrected chi connectivity index (χ3v) is 7.51. The van der Waals surface area contributed by atoms with E-state index in [4.69, 9.17) is 18.9 Å². The third-order valence-electron chi connectivity index (χ3n) is 7.51. The number of methoxy groups -OCH3 is 1. The van der Waals surface area contributed by atoms with E-state index >= 15 is 0 Å². The number of para-hydroxylation sites is 1. The van der Waals surface area contributed by atoms with Crippen molar-refractivity contribution in [2.75, 3.05) is 7.11 Å². The lowest BCUT2D eigenvalue weighted by Crippen LogP contribution is -2.20. The monoisotopic (exact) mass is 560 g/mol. The van der Waals surface area contributed by atoms with Crippen LogP contribution in [0.2, 0.25) is 0 Å². The number of nitrogens with zero attached hydrogens (tertiary/aromatic N) is 4. The maximum absolute atomic E-state index is 13.7. The Morgan fingerprint density at radius 2 is 1.79 bits per heavy atom. The van der Waals surface area contributed by atoms with Crippen LogP contribution in [0.25, 0.3) is 39.1 Å². The lowest BCUT2D eigenvalue weighted by atomic mass is 10.2. The predicted molar refractivity (Wildman–Crippen MR) is 166 cm³/mol. The zero-order chi connectivity index (χ0) is 29.4. The molecule has 3 aromatic heterocycles. The first-order valence-electron chi connectivity index (χ1n) is 14.0. The Morgan fingerprint density at radius 1 is 1.00 bits per heavy atom. The molecule has 0 saturated carbocycles. The van der Waals surface area contributed by atoms with Crippen LogP contribution in [0.3, 0.4) is 0 Å². The molecular weight excluding hydrogens is 528 g/mol. The number of benzene rings is 3. The first-order valence-corrected chi connectivity index (χ1v) is 14.0. The Bertz CT molecular complexity index is 2000. The molecule has 6 rings (SSSR count). The number of aryl methyl sites for hydroxylation is 1. The van der Waals surface area contributed by atoms with E-state index in [2.05, 4.69) is 23.5 Å². The second-order valence-electron chi connectivity index (χ2n) is 10.3. The van der Waals surface area contributed by atoms with Gasteiger partial charge in [0.2, 0.25) is 5.82 Å². The van der Waals surface area contributed by atoms with E-state index in [1.54, 1.807) is 19.4 Å². The highest BCUT2D eigenvalue weighted by Gasteiger charge is 2.18. The van der Waals surface area contributed by atoms with Gasteiger partial charge < -0.3 is 18.5 Å². The Kier molecular flexibility index (Phi) is 7.12. The van der Waals surface area contributed by atoms with Crippen LogP contribution in [-0.4, -0.2) is 33.7 Å². The van der Waals surface area contributed by atoms with E-state index in [9.17, 15) is 4.79 Å². The molecule has 3 heterocycles. The summed E-state index contributed by atoms with van der Waals surface area (Å²) < 4.78 is 21.1. The molecule has 0 N–H and O–H groups in total. The van der Waals surface area contributed by atoms with Crippen LogP contribution in [0.15, 0.2) is 93.2 Å². The van der Waals surface area contributed by atoms with Crippen molar-refractivity contribution in [1.82, 2.24) is 14.2 Å². The van der Waals surface area contributed by atoms with Crippen LogP contribution in [0.4, 0.5) is 0 Å². The van der Waals surface area contributed by atoms with E-state index in [-0.39, 0.29) is 11.7 Å². The quantitative estimate of drug-likeness (QED) is 0.183. The van der Waals surface area contributed by atoms with Gasteiger partial charge in [-0.1, -0.05) is 25.1 Å². The van der Waals surface area contributed by atoms with Gasteiger partial charge in [0.15, 0.2) is 5.76 Å². The molecule has 0 radical (unpaired) electrons. The van der Waals surface area contributed by atoms with Crippen molar-refractivity contribution in [3.8, 4) is 28.8 Å². The predicted octanol–water partition coefficient (Wildman–Crippen LogP) is 7.29. The molecular formula is C34H32N4O4. The standard InChI is InChI=1S/C34H32N4O4/c1-6-22(3)41-26-16-14-25(15-17-26)37-21(2)18-24(23(37)4)20-35-38-33(36-29-11-8-7-10-27(29)34(38)39)32-19-28-30(40-5)12-9-13-31(28)42-32/h7-20,22H,6H2,1-5H3/t22-/m0/s1. The highest BCUT2D eigenvalue weighted by atomic mass is 16.5. The molecule has 8 heteroatoms. The minimum Gasteiger partial charge on any atom is -0.496 e. The maximum atomic E-state index is 13.7. The van der Waals surface area contributed by atoms with Gasteiger partial charge in [-0.25, -0.2) is 4.98 Å². The van der Waals surface area contributed by atoms with E-state index in [1.165, 1.54) is 4.68 Å². The molecule has 8 nitrogen and oxygen atoms in total. The lowest BCUT2D eigenvalue weighted by Gasteiger charge is -2.14. The van der Waals surface area contributed by atoms with Crippen molar-refractivity contribution in [3.05, 3.63) is 106 Å². The van der Waals surface area contributed by atoms with Gasteiger partial charge in [0.25, 0.3) is 5.56 Å². The fourth-order valence-electron chi connectivity index (χ4n) is 5.14. The van der Waals surface area contributed by atoms with Crippen molar-refractivity contribution in [2.45, 2.75) is 40.2 Å². The van der Waals surface area contributed by atoms with Crippen LogP contribution in [0.1, 0.15) is 37.2 Å². The van der Waals surface area contributed by atoms with Crippen LogP contribution in [0.5, 0.6) is 11.5 Å². The summed E-state index contributed by atoms with van der Waals surface area (Å²) in [5.41, 5.74) is 4.83. The highest BCUT2D eigenvalue weighted by Crippen LogP contribution is 2.33. The second kappa shape index (κ2) is 11.0. The van der Waals surface area contributed by atoms with Crippen LogP contribution in [-0.2, 0) is 0 Å². The van der Waals surface area contributed by atoms with Crippen LogP contribution < -0.4 is 15.0 Å². The summed E-state index contributed by atoms with van der Waals surface area (Å²) in [5.74, 6) is 2.24. The summed E-state index contributed by atoms with van der Waals surface area (Å²) in [7, 11) is 1.61. The summed E-state index contributed by atoms with van der Waals surface area (Å²) >= 11 is 0. The minimum atomic E-state index is -0.287. The van der Waals surface area contributed by atoms with Crippen LogP contribution in [0, 0.1) is 13.8 Å². The topological polar surface area (TPSA) is 83.8 Å². The molecule has 0 bridgehead atoms. The van der Waals surface area contributed by atoms with Gasteiger partial charge in [0.1, 0.15) is 17.1 Å². The fourth-order valence-corrected chi connectivity index (χ4v) is 5.14. The number of fused-ring (bicyclic) bond motifs is 2. The zero-order valence-electron chi connectivity index (χ0n) is 24.3. The average Bonchev–Trinajstić information content (AvgIpc) is 3.57. The van der Waals surface area contributed by atoms with Crippen molar-refractivity contribution >= 4 is 28.1 Å². The first kappa shape index (κ1) is 27.1. The number of hydrogen-bond acceptors (Lipinski definition) is 6. The zero-order valence-corrected chi connectivity index (χ0v) is 24.3.